The summed E-state index contributed by atoms with van der Waals surface area (Å²) in [6.07, 6.45) is 0. The molecule has 0 fully saturated rings. The average Bonchev–Trinajstić information content (AvgIpc) is 2.42. The summed E-state index contributed by atoms with van der Waals surface area (Å²) in [5.41, 5.74) is 0. The Labute approximate surface area is 111 Å². The fourth-order valence-corrected chi connectivity index (χ4v) is 2.09. The van der Waals surface area contributed by atoms with Crippen LogP contribution in [0.25, 0.3) is 0 Å². The van der Waals surface area contributed by atoms with Crippen LogP contribution in [0, 0.1) is 0 Å². The van der Waals surface area contributed by atoms with Gasteiger partial charge >= 0.3 is 0 Å². The SMILES string of the molecule is CCS(=O)CCNCCOc1ccccc1OC. The van der Waals surface area contributed by atoms with Gasteiger partial charge in [0, 0.05) is 35.4 Å². The Balaban J connectivity index is 2.16. The van der Waals surface area contributed by atoms with Crippen molar-refractivity contribution in [2.75, 3.05) is 38.3 Å². The first kappa shape index (κ1) is 15.0. The Bertz CT molecular complexity index is 371. The molecule has 0 saturated heterocycles. The van der Waals surface area contributed by atoms with Crippen molar-refractivity contribution in [2.24, 2.45) is 0 Å². The van der Waals surface area contributed by atoms with E-state index in [1.54, 1.807) is 7.11 Å². The predicted molar refractivity (Wildman–Crippen MR) is 74.9 cm³/mol. The van der Waals surface area contributed by atoms with Gasteiger partial charge in [0.05, 0.1) is 7.11 Å². The first-order chi connectivity index (χ1) is 8.77. The zero-order chi connectivity index (χ0) is 13.2. The van der Waals surface area contributed by atoms with E-state index >= 15 is 0 Å². The largest absolute Gasteiger partial charge is 0.493 e. The van der Waals surface area contributed by atoms with E-state index in [1.807, 2.05) is 31.2 Å². The van der Waals surface area contributed by atoms with Gasteiger partial charge in [-0.1, -0.05) is 19.1 Å². The van der Waals surface area contributed by atoms with Gasteiger partial charge in [0.15, 0.2) is 11.5 Å². The zero-order valence-electron chi connectivity index (χ0n) is 11.0. The molecule has 18 heavy (non-hydrogen) atoms. The van der Waals surface area contributed by atoms with Gasteiger partial charge in [-0.15, -0.1) is 0 Å². The Morgan fingerprint density at radius 2 is 1.94 bits per heavy atom. The summed E-state index contributed by atoms with van der Waals surface area (Å²) >= 11 is 0. The monoisotopic (exact) mass is 271 g/mol. The number of rotatable bonds is 9. The minimum absolute atomic E-state index is 0.569. The highest BCUT2D eigenvalue weighted by molar-refractivity contribution is 7.84. The second-order valence-corrected chi connectivity index (χ2v) is 5.55. The van der Waals surface area contributed by atoms with Crippen molar-refractivity contribution >= 4 is 10.8 Å². The summed E-state index contributed by atoms with van der Waals surface area (Å²) in [6.45, 7) is 3.99. The first-order valence-electron chi connectivity index (χ1n) is 6.09. The average molecular weight is 271 g/mol. The van der Waals surface area contributed by atoms with Gasteiger partial charge < -0.3 is 14.8 Å². The molecule has 0 heterocycles. The van der Waals surface area contributed by atoms with Crippen molar-refractivity contribution in [1.29, 1.82) is 0 Å². The van der Waals surface area contributed by atoms with Gasteiger partial charge in [-0.3, -0.25) is 4.21 Å². The molecule has 0 aliphatic rings. The lowest BCUT2D eigenvalue weighted by molar-refractivity contribution is 0.293. The number of methoxy groups -OCH3 is 1. The molecule has 1 rings (SSSR count). The van der Waals surface area contributed by atoms with Gasteiger partial charge in [-0.25, -0.2) is 0 Å². The summed E-state index contributed by atoms with van der Waals surface area (Å²) in [6, 6.07) is 7.57. The van der Waals surface area contributed by atoms with Crippen molar-refractivity contribution < 1.29 is 13.7 Å². The Kier molecular flexibility index (Phi) is 7.44. The number of hydrogen-bond acceptors (Lipinski definition) is 4. The van der Waals surface area contributed by atoms with Crippen molar-refractivity contribution in [2.45, 2.75) is 6.92 Å². The molecule has 1 unspecified atom stereocenters. The van der Waals surface area contributed by atoms with Crippen LogP contribution >= 0.6 is 0 Å². The summed E-state index contributed by atoms with van der Waals surface area (Å²) < 4.78 is 22.0. The fraction of sp³-hybridized carbons (Fsp3) is 0.538. The molecule has 1 N–H and O–H groups in total. The molecule has 0 aliphatic carbocycles. The van der Waals surface area contributed by atoms with Crippen LogP contribution < -0.4 is 14.8 Å². The molecule has 0 saturated carbocycles. The van der Waals surface area contributed by atoms with E-state index in [4.69, 9.17) is 9.47 Å². The summed E-state index contributed by atoms with van der Waals surface area (Å²) in [5, 5.41) is 3.20. The smallest absolute Gasteiger partial charge is 0.161 e. The molecule has 0 bridgehead atoms. The summed E-state index contributed by atoms with van der Waals surface area (Å²) in [7, 11) is 0.929. The van der Waals surface area contributed by atoms with E-state index in [0.717, 1.165) is 30.3 Å². The second kappa shape index (κ2) is 8.94. The molecule has 1 aromatic rings. The molecule has 5 heteroatoms. The third-order valence-corrected chi connectivity index (χ3v) is 3.74. The quantitative estimate of drug-likeness (QED) is 0.690. The van der Waals surface area contributed by atoms with Crippen LogP contribution in [0.2, 0.25) is 0 Å². The highest BCUT2D eigenvalue weighted by Crippen LogP contribution is 2.25. The van der Waals surface area contributed by atoms with Gasteiger partial charge in [-0.05, 0) is 12.1 Å². The molecule has 0 aliphatic heterocycles. The lowest BCUT2D eigenvalue weighted by atomic mass is 10.3. The highest BCUT2D eigenvalue weighted by Gasteiger charge is 2.01. The normalized spacial score (nSPS) is 12.1. The maximum atomic E-state index is 11.2. The number of benzene rings is 1. The standard InChI is InChI=1S/C13H21NO3S/c1-3-18(15)11-9-14-8-10-17-13-7-5-4-6-12(13)16-2/h4-7,14H,3,8-11H2,1-2H3. The number of nitrogens with one attached hydrogen (secondary N) is 1. The van der Waals surface area contributed by atoms with Crippen LogP contribution in [-0.4, -0.2) is 42.5 Å². The Morgan fingerprint density at radius 3 is 2.61 bits per heavy atom. The van der Waals surface area contributed by atoms with Crippen LogP contribution in [0.3, 0.4) is 0 Å². The van der Waals surface area contributed by atoms with E-state index in [2.05, 4.69) is 5.32 Å². The van der Waals surface area contributed by atoms with Crippen molar-refractivity contribution in [3.63, 3.8) is 0 Å². The topological polar surface area (TPSA) is 47.6 Å². The molecule has 0 radical (unpaired) electrons. The molecular weight excluding hydrogens is 250 g/mol. The highest BCUT2D eigenvalue weighted by atomic mass is 32.2. The Morgan fingerprint density at radius 1 is 1.22 bits per heavy atom. The van der Waals surface area contributed by atoms with Gasteiger partial charge in [0.2, 0.25) is 0 Å². The van der Waals surface area contributed by atoms with Crippen molar-refractivity contribution in [3.8, 4) is 11.5 Å². The third kappa shape index (κ3) is 5.51. The molecule has 1 atom stereocenters. The lowest BCUT2D eigenvalue weighted by Gasteiger charge is -2.10. The number of ether oxygens (including phenoxy) is 2. The van der Waals surface area contributed by atoms with Gasteiger partial charge in [0.25, 0.3) is 0 Å². The van der Waals surface area contributed by atoms with E-state index in [1.165, 1.54) is 0 Å². The maximum absolute atomic E-state index is 11.2. The lowest BCUT2D eigenvalue weighted by Crippen LogP contribution is -2.25. The van der Waals surface area contributed by atoms with Crippen LogP contribution in [0.4, 0.5) is 0 Å². The van der Waals surface area contributed by atoms with E-state index < -0.39 is 10.8 Å². The predicted octanol–water partition coefficient (Wildman–Crippen LogP) is 1.43. The molecule has 0 amide bonds. The van der Waals surface area contributed by atoms with Crippen LogP contribution in [-0.2, 0) is 10.8 Å². The van der Waals surface area contributed by atoms with Crippen molar-refractivity contribution in [3.05, 3.63) is 24.3 Å². The number of hydrogen-bond donors (Lipinski definition) is 1. The minimum Gasteiger partial charge on any atom is -0.493 e. The molecule has 102 valence electrons. The van der Waals surface area contributed by atoms with E-state index in [9.17, 15) is 4.21 Å². The van der Waals surface area contributed by atoms with Crippen LogP contribution in [0.5, 0.6) is 11.5 Å². The van der Waals surface area contributed by atoms with Crippen molar-refractivity contribution in [1.82, 2.24) is 5.32 Å². The summed E-state index contributed by atoms with van der Waals surface area (Å²) in [5.74, 6) is 2.91. The zero-order valence-corrected chi connectivity index (χ0v) is 11.8. The molecule has 0 spiro atoms. The minimum atomic E-state index is -0.697. The third-order valence-electron chi connectivity index (χ3n) is 2.43. The van der Waals surface area contributed by atoms with Crippen LogP contribution in [0.15, 0.2) is 24.3 Å². The fourth-order valence-electron chi connectivity index (χ4n) is 1.43. The second-order valence-electron chi connectivity index (χ2n) is 3.68. The summed E-state index contributed by atoms with van der Waals surface area (Å²) in [4.78, 5) is 0. The Hall–Kier alpha value is -1.07. The van der Waals surface area contributed by atoms with E-state index in [-0.39, 0.29) is 0 Å². The first-order valence-corrected chi connectivity index (χ1v) is 7.58. The van der Waals surface area contributed by atoms with Gasteiger partial charge in [-0.2, -0.15) is 0 Å². The van der Waals surface area contributed by atoms with Crippen LogP contribution in [0.1, 0.15) is 6.92 Å². The van der Waals surface area contributed by atoms with E-state index in [0.29, 0.717) is 12.4 Å². The molecule has 4 nitrogen and oxygen atoms in total. The number of para-hydroxylation sites is 2. The molecule has 1 aromatic carbocycles. The molecular formula is C13H21NO3S. The van der Waals surface area contributed by atoms with Gasteiger partial charge in [0.1, 0.15) is 6.61 Å². The molecule has 0 aromatic heterocycles. The maximum Gasteiger partial charge on any atom is 0.161 e.